The molecule has 0 unspecified atom stereocenters. The van der Waals surface area contributed by atoms with Crippen LogP contribution >= 0.6 is 11.6 Å². The minimum atomic E-state index is -0.278. The van der Waals surface area contributed by atoms with Crippen molar-refractivity contribution in [3.8, 4) is 5.75 Å². The Morgan fingerprint density at radius 2 is 1.96 bits per heavy atom. The van der Waals surface area contributed by atoms with Gasteiger partial charge < -0.3 is 15.4 Å². The number of anilines is 1. The van der Waals surface area contributed by atoms with Gasteiger partial charge in [-0.1, -0.05) is 23.7 Å². The fraction of sp³-hybridized carbons (Fsp3) is 0.333. The highest BCUT2D eigenvalue weighted by molar-refractivity contribution is 6.30. The fourth-order valence-corrected chi connectivity index (χ4v) is 3.57. The Morgan fingerprint density at radius 3 is 2.61 bits per heavy atom. The summed E-state index contributed by atoms with van der Waals surface area (Å²) >= 11 is 5.92. The van der Waals surface area contributed by atoms with Gasteiger partial charge in [0.05, 0.1) is 11.7 Å². The Bertz CT molecular complexity index is 884. The van der Waals surface area contributed by atoms with Crippen LogP contribution in [-0.2, 0) is 11.3 Å². The Hall–Kier alpha value is -2.53. The molecule has 1 fully saturated rings. The Labute approximate surface area is 169 Å². The lowest BCUT2D eigenvalue weighted by molar-refractivity contribution is 0.0288. The zero-order valence-electron chi connectivity index (χ0n) is 15.9. The largest absolute Gasteiger partial charge is 0.476 e. The average molecular weight is 404 g/mol. The number of carbonyl (C=O) groups excluding carboxylic acids is 1. The molecule has 0 saturated carbocycles. The second-order valence-electron chi connectivity index (χ2n) is 6.99. The van der Waals surface area contributed by atoms with Crippen LogP contribution in [0.5, 0.6) is 5.75 Å². The second-order valence-corrected chi connectivity index (χ2v) is 7.43. The van der Waals surface area contributed by atoms with Gasteiger partial charge in [0.25, 0.3) is 0 Å². The van der Waals surface area contributed by atoms with Crippen LogP contribution < -0.4 is 10.5 Å². The van der Waals surface area contributed by atoms with E-state index in [1.165, 1.54) is 12.1 Å². The summed E-state index contributed by atoms with van der Waals surface area (Å²) in [6, 6.07) is 11.3. The molecule has 0 spiro atoms. The molecule has 1 saturated heterocycles. The van der Waals surface area contributed by atoms with Crippen LogP contribution in [0.2, 0.25) is 5.02 Å². The van der Waals surface area contributed by atoms with Gasteiger partial charge in [0.1, 0.15) is 29.9 Å². The van der Waals surface area contributed by atoms with Crippen molar-refractivity contribution in [3.63, 3.8) is 0 Å². The number of nitrogens with two attached hydrogens (primary N) is 1. The van der Waals surface area contributed by atoms with E-state index in [1.807, 2.05) is 18.7 Å². The van der Waals surface area contributed by atoms with E-state index in [-0.39, 0.29) is 24.6 Å². The molecule has 0 bridgehead atoms. The third kappa shape index (κ3) is 4.47. The van der Waals surface area contributed by atoms with Gasteiger partial charge in [-0.15, -0.1) is 0 Å². The minimum absolute atomic E-state index is 0.0591. The van der Waals surface area contributed by atoms with Gasteiger partial charge in [0.2, 0.25) is 0 Å². The lowest BCUT2D eigenvalue weighted by Gasteiger charge is -2.45. The molecular formula is C21H23ClFN3O2. The highest BCUT2D eigenvalue weighted by Gasteiger charge is 2.34. The van der Waals surface area contributed by atoms with Gasteiger partial charge in [0, 0.05) is 24.2 Å². The van der Waals surface area contributed by atoms with Gasteiger partial charge in [-0.3, -0.25) is 4.90 Å². The number of benzene rings is 2. The first-order chi connectivity index (χ1) is 13.4. The maximum absolute atomic E-state index is 13.2. The summed E-state index contributed by atoms with van der Waals surface area (Å²) in [6.45, 7) is 5.48. The van der Waals surface area contributed by atoms with Crippen LogP contribution in [-0.4, -0.2) is 41.1 Å². The Kier molecular flexibility index (Phi) is 6.25. The number of piperazine rings is 1. The number of nitrogens with zero attached hydrogens (tertiary/aromatic N) is 2. The van der Waals surface area contributed by atoms with Crippen molar-refractivity contribution < 1.29 is 13.9 Å². The Balaban J connectivity index is 1.70. The maximum Gasteiger partial charge on any atom is 0.147 e. The third-order valence-electron chi connectivity index (χ3n) is 5.01. The van der Waals surface area contributed by atoms with Gasteiger partial charge in [-0.2, -0.15) is 0 Å². The van der Waals surface area contributed by atoms with Crippen molar-refractivity contribution in [1.82, 2.24) is 9.80 Å². The van der Waals surface area contributed by atoms with Crippen molar-refractivity contribution >= 4 is 23.2 Å². The topological polar surface area (TPSA) is 58.8 Å². The second kappa shape index (κ2) is 8.65. The molecule has 5 nitrogen and oxygen atoms in total. The molecule has 148 valence electrons. The number of rotatable bonds is 5. The van der Waals surface area contributed by atoms with E-state index >= 15 is 0 Å². The van der Waals surface area contributed by atoms with E-state index < -0.39 is 0 Å². The van der Waals surface area contributed by atoms with Crippen LogP contribution in [0.4, 0.5) is 10.1 Å². The molecule has 2 aromatic rings. The first-order valence-corrected chi connectivity index (χ1v) is 9.44. The van der Waals surface area contributed by atoms with Crippen LogP contribution in [0, 0.1) is 5.82 Å². The SMILES string of the molecule is C[C@@H]1CN(COc2ccc(Cl)cc2N)[C@@H](C)C(=C=O)N1Cc1ccc(F)cc1. The summed E-state index contributed by atoms with van der Waals surface area (Å²) in [6.07, 6.45) is 0. The molecule has 1 aliphatic heterocycles. The highest BCUT2D eigenvalue weighted by atomic mass is 35.5. The van der Waals surface area contributed by atoms with E-state index in [4.69, 9.17) is 22.1 Å². The smallest absolute Gasteiger partial charge is 0.147 e. The molecule has 2 aromatic carbocycles. The standard InChI is InChI=1S/C21H23ClFN3O2/c1-14-10-25(13-28-21-8-5-17(22)9-19(21)24)15(2)20(12-27)26(14)11-16-3-6-18(23)7-4-16/h3-9,14-15H,10-11,13,24H2,1-2H3/t14-,15+/m1/s1. The van der Waals surface area contributed by atoms with Crippen molar-refractivity contribution in [2.24, 2.45) is 0 Å². The van der Waals surface area contributed by atoms with Crippen molar-refractivity contribution in [3.05, 3.63) is 64.6 Å². The molecule has 2 atom stereocenters. The predicted molar refractivity (Wildman–Crippen MR) is 108 cm³/mol. The van der Waals surface area contributed by atoms with Crippen molar-refractivity contribution in [2.75, 3.05) is 19.0 Å². The lowest BCUT2D eigenvalue weighted by Crippen LogP contribution is -2.55. The molecular weight excluding hydrogens is 381 g/mol. The maximum atomic E-state index is 13.2. The van der Waals surface area contributed by atoms with Gasteiger partial charge in [0.15, 0.2) is 0 Å². The van der Waals surface area contributed by atoms with E-state index in [1.54, 1.807) is 30.3 Å². The number of hydrogen-bond acceptors (Lipinski definition) is 5. The zero-order chi connectivity index (χ0) is 20.3. The molecule has 28 heavy (non-hydrogen) atoms. The van der Waals surface area contributed by atoms with Crippen molar-refractivity contribution in [1.29, 1.82) is 0 Å². The summed E-state index contributed by atoms with van der Waals surface area (Å²) in [5.74, 6) is 2.36. The van der Waals surface area contributed by atoms with Crippen LogP contribution in [0.3, 0.4) is 0 Å². The lowest BCUT2D eigenvalue weighted by atomic mass is 10.0. The highest BCUT2D eigenvalue weighted by Crippen LogP contribution is 2.28. The monoisotopic (exact) mass is 403 g/mol. The molecule has 7 heteroatoms. The van der Waals surface area contributed by atoms with Gasteiger partial charge in [-0.05, 0) is 49.7 Å². The van der Waals surface area contributed by atoms with Gasteiger partial charge >= 0.3 is 0 Å². The molecule has 1 heterocycles. The summed E-state index contributed by atoms with van der Waals surface area (Å²) in [5.41, 5.74) is 7.90. The molecule has 0 aromatic heterocycles. The summed E-state index contributed by atoms with van der Waals surface area (Å²) in [7, 11) is 0. The normalized spacial score (nSPS) is 20.1. The third-order valence-corrected chi connectivity index (χ3v) is 5.25. The van der Waals surface area contributed by atoms with E-state index in [9.17, 15) is 9.18 Å². The van der Waals surface area contributed by atoms with Gasteiger partial charge in [-0.25, -0.2) is 9.18 Å². The molecule has 0 aliphatic carbocycles. The minimum Gasteiger partial charge on any atom is -0.476 e. The number of hydrogen-bond donors (Lipinski definition) is 1. The van der Waals surface area contributed by atoms with E-state index in [0.29, 0.717) is 35.2 Å². The average Bonchev–Trinajstić information content (AvgIpc) is 2.66. The number of nitrogen functional groups attached to an aromatic ring is 1. The van der Waals surface area contributed by atoms with E-state index in [2.05, 4.69) is 10.8 Å². The molecule has 3 rings (SSSR count). The molecule has 0 radical (unpaired) electrons. The van der Waals surface area contributed by atoms with Crippen LogP contribution in [0.15, 0.2) is 48.2 Å². The number of halogens is 2. The quantitative estimate of drug-likeness (QED) is 0.609. The molecule has 1 aliphatic rings. The molecule has 0 amide bonds. The first-order valence-electron chi connectivity index (χ1n) is 9.07. The summed E-state index contributed by atoms with van der Waals surface area (Å²) in [5, 5.41) is 0.549. The van der Waals surface area contributed by atoms with Crippen molar-refractivity contribution in [2.45, 2.75) is 32.5 Å². The zero-order valence-corrected chi connectivity index (χ0v) is 16.6. The van der Waals surface area contributed by atoms with E-state index in [0.717, 1.165) is 5.56 Å². The summed E-state index contributed by atoms with van der Waals surface area (Å²) < 4.78 is 19.0. The number of ether oxygens (including phenoxy) is 1. The summed E-state index contributed by atoms with van der Waals surface area (Å²) in [4.78, 5) is 15.8. The van der Waals surface area contributed by atoms with Crippen LogP contribution in [0.1, 0.15) is 19.4 Å². The van der Waals surface area contributed by atoms with Crippen LogP contribution in [0.25, 0.3) is 0 Å². The Morgan fingerprint density at radius 1 is 1.25 bits per heavy atom. The first kappa shape index (κ1) is 20.2. The fourth-order valence-electron chi connectivity index (χ4n) is 3.39. The predicted octanol–water partition coefficient (Wildman–Crippen LogP) is 3.71. The molecule has 2 N–H and O–H groups in total.